The summed E-state index contributed by atoms with van der Waals surface area (Å²) in [6.45, 7) is 2.34. The Morgan fingerprint density at radius 3 is 2.71 bits per heavy atom. The Morgan fingerprint density at radius 1 is 1.64 bits per heavy atom. The molecule has 0 aromatic carbocycles. The largest absolute Gasteiger partial charge is 0.477 e. The lowest BCUT2D eigenvalue weighted by Gasteiger charge is -1.99. The van der Waals surface area contributed by atoms with E-state index in [4.69, 9.17) is 10.8 Å². The Hall–Kier alpha value is -1.85. The van der Waals surface area contributed by atoms with Crippen LogP contribution in [-0.2, 0) is 6.54 Å². The molecule has 1 rings (SSSR count). The summed E-state index contributed by atoms with van der Waals surface area (Å²) in [5, 5.41) is 12.6. The molecule has 3 N–H and O–H groups in total. The van der Waals surface area contributed by atoms with Gasteiger partial charge in [-0.05, 0) is 6.42 Å². The number of carbonyl (C=O) groups excluding carboxylic acids is 1. The normalized spacial score (nSPS) is 10.1. The van der Waals surface area contributed by atoms with E-state index in [1.54, 1.807) is 0 Å². The molecule has 0 fully saturated rings. The molecule has 1 aromatic heterocycles. The van der Waals surface area contributed by atoms with E-state index in [2.05, 4.69) is 5.10 Å². The number of hydrogen-bond donors (Lipinski definition) is 2. The van der Waals surface area contributed by atoms with Crippen molar-refractivity contribution in [1.29, 1.82) is 0 Å². The maximum absolute atomic E-state index is 10.7. The van der Waals surface area contributed by atoms with Gasteiger partial charge >= 0.3 is 5.97 Å². The molecule has 6 heteroatoms. The number of aromatic nitrogens is 2. The van der Waals surface area contributed by atoms with Crippen molar-refractivity contribution in [3.63, 3.8) is 0 Å². The van der Waals surface area contributed by atoms with Crippen LogP contribution in [0.1, 0.15) is 34.3 Å². The van der Waals surface area contributed by atoms with Gasteiger partial charge < -0.3 is 10.8 Å². The molecule has 76 valence electrons. The topological polar surface area (TPSA) is 98.2 Å². The van der Waals surface area contributed by atoms with E-state index in [0.29, 0.717) is 6.54 Å². The molecule has 0 saturated carbocycles. The van der Waals surface area contributed by atoms with Crippen molar-refractivity contribution < 1.29 is 14.7 Å². The van der Waals surface area contributed by atoms with E-state index in [9.17, 15) is 9.59 Å². The molecule has 0 saturated heterocycles. The highest BCUT2D eigenvalue weighted by molar-refractivity contribution is 5.94. The van der Waals surface area contributed by atoms with Gasteiger partial charge in [-0.2, -0.15) is 5.10 Å². The fourth-order valence-corrected chi connectivity index (χ4v) is 1.09. The smallest absolute Gasteiger partial charge is 0.354 e. The maximum atomic E-state index is 10.7. The number of aryl methyl sites for hydroxylation is 1. The summed E-state index contributed by atoms with van der Waals surface area (Å²) < 4.78 is 1.27. The number of carboxylic acid groups (broad SMARTS) is 1. The third kappa shape index (κ3) is 1.90. The van der Waals surface area contributed by atoms with Crippen LogP contribution in [-0.4, -0.2) is 26.8 Å². The van der Waals surface area contributed by atoms with Gasteiger partial charge in [-0.1, -0.05) is 6.92 Å². The number of carbonyl (C=O) groups is 2. The number of amides is 1. The first-order valence-electron chi connectivity index (χ1n) is 4.17. The Bertz CT molecular complexity index is 370. The third-order valence-corrected chi connectivity index (χ3v) is 1.69. The first-order valence-corrected chi connectivity index (χ1v) is 4.17. The molecule has 0 radical (unpaired) electrons. The number of nitrogens with zero attached hydrogens (tertiary/aromatic N) is 2. The van der Waals surface area contributed by atoms with Gasteiger partial charge in [-0.25, -0.2) is 4.79 Å². The fourth-order valence-electron chi connectivity index (χ4n) is 1.09. The van der Waals surface area contributed by atoms with Crippen molar-refractivity contribution in [1.82, 2.24) is 9.78 Å². The molecule has 0 aliphatic heterocycles. The van der Waals surface area contributed by atoms with Gasteiger partial charge in [-0.15, -0.1) is 0 Å². The monoisotopic (exact) mass is 197 g/mol. The quantitative estimate of drug-likeness (QED) is 0.714. The molecule has 1 aromatic rings. The molecular weight excluding hydrogens is 186 g/mol. The highest BCUT2D eigenvalue weighted by Gasteiger charge is 2.15. The number of primary amides is 1. The van der Waals surface area contributed by atoms with E-state index in [1.165, 1.54) is 10.7 Å². The van der Waals surface area contributed by atoms with Crippen LogP contribution in [0, 0.1) is 0 Å². The minimum atomic E-state index is -1.11. The number of carboxylic acids is 1. The minimum absolute atomic E-state index is 0.0133. The molecule has 1 amide bonds. The van der Waals surface area contributed by atoms with Gasteiger partial charge in [0.25, 0.3) is 5.91 Å². The Labute approximate surface area is 80.3 Å². The highest BCUT2D eigenvalue weighted by Crippen LogP contribution is 2.05. The van der Waals surface area contributed by atoms with Crippen LogP contribution in [0.5, 0.6) is 0 Å². The highest BCUT2D eigenvalue weighted by atomic mass is 16.4. The van der Waals surface area contributed by atoms with Gasteiger partial charge in [0.1, 0.15) is 5.69 Å². The summed E-state index contributed by atoms with van der Waals surface area (Å²) in [7, 11) is 0. The summed E-state index contributed by atoms with van der Waals surface area (Å²) in [6.07, 6.45) is 0.736. The average molecular weight is 197 g/mol. The average Bonchev–Trinajstić information content (AvgIpc) is 2.49. The van der Waals surface area contributed by atoms with Crippen molar-refractivity contribution >= 4 is 11.9 Å². The van der Waals surface area contributed by atoms with E-state index >= 15 is 0 Å². The van der Waals surface area contributed by atoms with E-state index in [1.807, 2.05) is 6.92 Å². The van der Waals surface area contributed by atoms with Crippen LogP contribution >= 0.6 is 0 Å². The molecule has 1 heterocycles. The molecule has 0 aliphatic carbocycles. The second-order valence-electron chi connectivity index (χ2n) is 2.81. The van der Waals surface area contributed by atoms with E-state index in [0.717, 1.165) is 6.42 Å². The van der Waals surface area contributed by atoms with Gasteiger partial charge in [0.05, 0.1) is 0 Å². The van der Waals surface area contributed by atoms with Crippen LogP contribution < -0.4 is 5.73 Å². The Balaban J connectivity index is 3.12. The molecule has 0 aliphatic rings. The zero-order chi connectivity index (χ0) is 10.7. The Morgan fingerprint density at radius 2 is 2.29 bits per heavy atom. The second-order valence-corrected chi connectivity index (χ2v) is 2.81. The van der Waals surface area contributed by atoms with Crippen LogP contribution in [0.2, 0.25) is 0 Å². The lowest BCUT2D eigenvalue weighted by molar-refractivity contribution is 0.0683. The molecule has 6 nitrogen and oxygen atoms in total. The second kappa shape index (κ2) is 3.91. The lowest BCUT2D eigenvalue weighted by atomic mass is 10.3. The first-order chi connectivity index (χ1) is 6.56. The number of hydrogen-bond acceptors (Lipinski definition) is 3. The first kappa shape index (κ1) is 10.2. The van der Waals surface area contributed by atoms with Crippen LogP contribution in [0.3, 0.4) is 0 Å². The molecular formula is C8H11N3O3. The van der Waals surface area contributed by atoms with Crippen molar-refractivity contribution in [3.8, 4) is 0 Å². The number of nitrogens with two attached hydrogens (primary N) is 1. The molecule has 0 spiro atoms. The van der Waals surface area contributed by atoms with Crippen LogP contribution in [0.15, 0.2) is 6.07 Å². The lowest BCUT2D eigenvalue weighted by Crippen LogP contribution is -2.13. The van der Waals surface area contributed by atoms with E-state index < -0.39 is 11.9 Å². The van der Waals surface area contributed by atoms with Gasteiger partial charge in [-0.3, -0.25) is 9.48 Å². The van der Waals surface area contributed by atoms with Gasteiger partial charge in [0.15, 0.2) is 5.69 Å². The number of rotatable bonds is 4. The SMILES string of the molecule is CCCn1nc(C(N)=O)cc1C(=O)O. The fraction of sp³-hybridized carbons (Fsp3) is 0.375. The standard InChI is InChI=1S/C8H11N3O3/c1-2-3-11-6(8(13)14)4-5(10-11)7(9)12/h4H,2-3H2,1H3,(H2,9,12)(H,13,14). The van der Waals surface area contributed by atoms with Crippen molar-refractivity contribution in [3.05, 3.63) is 17.5 Å². The Kier molecular flexibility index (Phi) is 2.85. The van der Waals surface area contributed by atoms with Crippen LogP contribution in [0.4, 0.5) is 0 Å². The molecule has 0 unspecified atom stereocenters. The van der Waals surface area contributed by atoms with Crippen molar-refractivity contribution in [2.75, 3.05) is 0 Å². The van der Waals surface area contributed by atoms with Gasteiger partial charge in [0.2, 0.25) is 0 Å². The van der Waals surface area contributed by atoms with Crippen molar-refractivity contribution in [2.45, 2.75) is 19.9 Å². The van der Waals surface area contributed by atoms with E-state index in [-0.39, 0.29) is 11.4 Å². The summed E-state index contributed by atoms with van der Waals surface area (Å²) in [4.78, 5) is 21.5. The summed E-state index contributed by atoms with van der Waals surface area (Å²) in [5.74, 6) is -1.83. The summed E-state index contributed by atoms with van der Waals surface area (Å²) >= 11 is 0. The summed E-state index contributed by atoms with van der Waals surface area (Å²) in [5.41, 5.74) is 4.95. The predicted molar refractivity (Wildman–Crippen MR) is 48.0 cm³/mol. The summed E-state index contributed by atoms with van der Waals surface area (Å²) in [6, 6.07) is 1.18. The molecule has 14 heavy (non-hydrogen) atoms. The maximum Gasteiger partial charge on any atom is 0.354 e. The zero-order valence-electron chi connectivity index (χ0n) is 7.73. The molecule has 0 bridgehead atoms. The van der Waals surface area contributed by atoms with Crippen molar-refractivity contribution in [2.24, 2.45) is 5.73 Å². The predicted octanol–water partition coefficient (Wildman–Crippen LogP) is 0.0902. The molecule has 0 atom stereocenters. The third-order valence-electron chi connectivity index (χ3n) is 1.69. The number of aromatic carboxylic acids is 1. The minimum Gasteiger partial charge on any atom is -0.477 e. The zero-order valence-corrected chi connectivity index (χ0v) is 7.73. The van der Waals surface area contributed by atoms with Crippen LogP contribution in [0.25, 0.3) is 0 Å². The van der Waals surface area contributed by atoms with Gasteiger partial charge in [0, 0.05) is 12.6 Å².